The molecule has 0 aliphatic rings. The lowest BCUT2D eigenvalue weighted by atomic mass is 9.92. The van der Waals surface area contributed by atoms with Crippen LogP contribution in [0.2, 0.25) is 0 Å². The predicted molar refractivity (Wildman–Crippen MR) is 160 cm³/mol. The highest BCUT2D eigenvalue weighted by Gasteiger charge is 2.24. The highest BCUT2D eigenvalue weighted by molar-refractivity contribution is 5.86. The number of hydrogen-bond donors (Lipinski definition) is 2. The first-order valence-electron chi connectivity index (χ1n) is 13.4. The number of nitrogens with one attached hydrogen (secondary N) is 2. The average Bonchev–Trinajstić information content (AvgIpc) is 2.99. The van der Waals surface area contributed by atoms with Crippen molar-refractivity contribution in [3.8, 4) is 0 Å². The number of fused-ring (bicyclic) bond motifs is 2. The van der Waals surface area contributed by atoms with Crippen LogP contribution in [0.1, 0.15) is 34.3 Å². The molecule has 0 heterocycles. The molecule has 0 fully saturated rings. The van der Waals surface area contributed by atoms with E-state index in [0.29, 0.717) is 0 Å². The molecule has 0 amide bonds. The summed E-state index contributed by atoms with van der Waals surface area (Å²) >= 11 is 0. The number of benzene rings is 6. The van der Waals surface area contributed by atoms with Crippen molar-refractivity contribution in [3.05, 3.63) is 168 Å². The lowest BCUT2D eigenvalue weighted by Gasteiger charge is -2.31. The third-order valence-electron chi connectivity index (χ3n) is 7.44. The molecule has 0 aromatic heterocycles. The van der Waals surface area contributed by atoms with Crippen molar-refractivity contribution in [3.63, 3.8) is 0 Å². The first-order chi connectivity index (χ1) is 18.9. The van der Waals surface area contributed by atoms with Crippen molar-refractivity contribution in [1.29, 1.82) is 0 Å². The van der Waals surface area contributed by atoms with Gasteiger partial charge in [0, 0.05) is 13.1 Å². The maximum atomic E-state index is 3.95. The van der Waals surface area contributed by atoms with Crippen LogP contribution in [-0.2, 0) is 13.1 Å². The molecule has 2 nitrogen and oxygen atoms in total. The van der Waals surface area contributed by atoms with E-state index in [9.17, 15) is 0 Å². The lowest BCUT2D eigenvalue weighted by molar-refractivity contribution is 0.382. The van der Waals surface area contributed by atoms with Crippen LogP contribution in [0.25, 0.3) is 21.5 Å². The quantitative estimate of drug-likeness (QED) is 0.212. The summed E-state index contributed by atoms with van der Waals surface area (Å²) in [6.07, 6.45) is 0. The van der Waals surface area contributed by atoms with E-state index in [-0.39, 0.29) is 12.1 Å². The highest BCUT2D eigenvalue weighted by Crippen LogP contribution is 2.31. The Kier molecular flexibility index (Phi) is 7.26. The van der Waals surface area contributed by atoms with Gasteiger partial charge in [-0.05, 0) is 43.8 Å². The molecule has 0 saturated carbocycles. The molecule has 2 heteroatoms. The minimum Gasteiger partial charge on any atom is -0.304 e. The summed E-state index contributed by atoms with van der Waals surface area (Å²) in [6, 6.07) is 52.2. The fourth-order valence-corrected chi connectivity index (χ4v) is 5.51. The zero-order chi connectivity index (χ0) is 25.6. The van der Waals surface area contributed by atoms with Gasteiger partial charge in [-0.15, -0.1) is 0 Å². The number of rotatable bonds is 9. The van der Waals surface area contributed by atoms with Crippen LogP contribution in [0.3, 0.4) is 0 Å². The SMILES string of the molecule is c1ccc([C@@H](NCc2cccc3ccccc23)[C@H](NCc2cccc3ccccc23)c2ccccc2)cc1. The molecule has 6 rings (SSSR count). The van der Waals surface area contributed by atoms with Crippen molar-refractivity contribution >= 4 is 21.5 Å². The molecule has 0 spiro atoms. The Morgan fingerprint density at radius 2 is 0.737 bits per heavy atom. The lowest BCUT2D eigenvalue weighted by Crippen LogP contribution is -2.35. The summed E-state index contributed by atoms with van der Waals surface area (Å²) in [7, 11) is 0. The third kappa shape index (κ3) is 5.24. The summed E-state index contributed by atoms with van der Waals surface area (Å²) < 4.78 is 0. The van der Waals surface area contributed by atoms with Gasteiger partial charge in [0.15, 0.2) is 0 Å². The van der Waals surface area contributed by atoms with Gasteiger partial charge in [0.25, 0.3) is 0 Å². The monoisotopic (exact) mass is 492 g/mol. The molecule has 0 aliphatic heterocycles. The second kappa shape index (κ2) is 11.4. The van der Waals surface area contributed by atoms with Gasteiger partial charge in [-0.3, -0.25) is 0 Å². The van der Waals surface area contributed by atoms with Crippen LogP contribution in [-0.4, -0.2) is 0 Å². The Hall–Kier alpha value is -4.24. The topological polar surface area (TPSA) is 24.1 Å². The Morgan fingerprint density at radius 3 is 1.18 bits per heavy atom. The van der Waals surface area contributed by atoms with Crippen LogP contribution in [0, 0.1) is 0 Å². The zero-order valence-corrected chi connectivity index (χ0v) is 21.4. The molecule has 0 saturated heterocycles. The van der Waals surface area contributed by atoms with Crippen LogP contribution < -0.4 is 10.6 Å². The van der Waals surface area contributed by atoms with Gasteiger partial charge in [-0.2, -0.15) is 0 Å². The van der Waals surface area contributed by atoms with Gasteiger partial charge in [0.05, 0.1) is 12.1 Å². The van der Waals surface area contributed by atoms with Crippen LogP contribution in [0.5, 0.6) is 0 Å². The van der Waals surface area contributed by atoms with Gasteiger partial charge in [-0.25, -0.2) is 0 Å². The van der Waals surface area contributed by atoms with Gasteiger partial charge >= 0.3 is 0 Å². The van der Waals surface area contributed by atoms with E-state index in [2.05, 4.69) is 156 Å². The fraction of sp³-hybridized carbons (Fsp3) is 0.111. The highest BCUT2D eigenvalue weighted by atomic mass is 15.0. The van der Waals surface area contributed by atoms with Crippen molar-refractivity contribution in [2.45, 2.75) is 25.2 Å². The zero-order valence-electron chi connectivity index (χ0n) is 21.4. The van der Waals surface area contributed by atoms with E-state index in [1.165, 1.54) is 43.8 Å². The maximum Gasteiger partial charge on any atom is 0.0521 e. The molecule has 186 valence electrons. The largest absolute Gasteiger partial charge is 0.304 e. The summed E-state index contributed by atoms with van der Waals surface area (Å²) in [5, 5.41) is 13.1. The van der Waals surface area contributed by atoms with Crippen molar-refractivity contribution in [2.24, 2.45) is 0 Å². The van der Waals surface area contributed by atoms with Gasteiger partial charge in [-0.1, -0.05) is 146 Å². The molecule has 2 N–H and O–H groups in total. The molecule has 0 bridgehead atoms. The second-order valence-electron chi connectivity index (χ2n) is 9.82. The second-order valence-corrected chi connectivity index (χ2v) is 9.82. The van der Waals surface area contributed by atoms with E-state index in [4.69, 9.17) is 0 Å². The van der Waals surface area contributed by atoms with E-state index >= 15 is 0 Å². The summed E-state index contributed by atoms with van der Waals surface area (Å²) in [4.78, 5) is 0. The van der Waals surface area contributed by atoms with Gasteiger partial charge < -0.3 is 10.6 Å². The van der Waals surface area contributed by atoms with Crippen molar-refractivity contribution in [2.75, 3.05) is 0 Å². The van der Waals surface area contributed by atoms with Crippen LogP contribution in [0.15, 0.2) is 146 Å². The summed E-state index contributed by atoms with van der Waals surface area (Å²) in [5.41, 5.74) is 5.16. The Morgan fingerprint density at radius 1 is 0.368 bits per heavy atom. The van der Waals surface area contributed by atoms with Crippen molar-refractivity contribution < 1.29 is 0 Å². The fourth-order valence-electron chi connectivity index (χ4n) is 5.51. The normalized spacial score (nSPS) is 12.9. The standard InChI is InChI=1S/C36H32N2/c1-3-15-29(16-4-1)35(37-25-31-21-11-19-27-13-7-9-23-33(27)31)36(30-17-5-2-6-18-30)38-26-32-22-12-20-28-14-8-10-24-34(28)32/h1-24,35-38H,25-26H2/t35-,36-/m1/s1. The molecular weight excluding hydrogens is 460 g/mol. The Bertz CT molecular complexity index is 1490. The molecular formula is C36H32N2. The predicted octanol–water partition coefficient (Wildman–Crippen LogP) is 8.36. The van der Waals surface area contributed by atoms with E-state index in [1.54, 1.807) is 0 Å². The first-order valence-corrected chi connectivity index (χ1v) is 13.4. The maximum absolute atomic E-state index is 3.95. The molecule has 2 atom stereocenters. The van der Waals surface area contributed by atoms with E-state index < -0.39 is 0 Å². The summed E-state index contributed by atoms with van der Waals surface area (Å²) in [5.74, 6) is 0. The first kappa shape index (κ1) is 24.1. The third-order valence-corrected chi connectivity index (χ3v) is 7.44. The Balaban J connectivity index is 1.35. The van der Waals surface area contributed by atoms with Crippen LogP contribution in [0.4, 0.5) is 0 Å². The molecule has 0 unspecified atom stereocenters. The summed E-state index contributed by atoms with van der Waals surface area (Å²) in [6.45, 7) is 1.56. The molecule has 6 aromatic carbocycles. The van der Waals surface area contributed by atoms with E-state index in [0.717, 1.165) is 13.1 Å². The van der Waals surface area contributed by atoms with Gasteiger partial charge in [0.1, 0.15) is 0 Å². The number of hydrogen-bond acceptors (Lipinski definition) is 2. The minimum atomic E-state index is 0.0764. The van der Waals surface area contributed by atoms with Crippen molar-refractivity contribution in [1.82, 2.24) is 10.6 Å². The average molecular weight is 493 g/mol. The molecule has 0 radical (unpaired) electrons. The Labute approximate surface area is 225 Å². The molecule has 38 heavy (non-hydrogen) atoms. The minimum absolute atomic E-state index is 0.0764. The molecule has 6 aromatic rings. The smallest absolute Gasteiger partial charge is 0.0521 e. The van der Waals surface area contributed by atoms with E-state index in [1.807, 2.05) is 0 Å². The molecule has 0 aliphatic carbocycles. The van der Waals surface area contributed by atoms with Crippen LogP contribution >= 0.6 is 0 Å². The van der Waals surface area contributed by atoms with Gasteiger partial charge in [0.2, 0.25) is 0 Å².